The monoisotopic (exact) mass is 328 g/mol. The quantitative estimate of drug-likeness (QED) is 0.776. The van der Waals surface area contributed by atoms with Gasteiger partial charge >= 0.3 is 0 Å². The molecule has 0 aromatic heterocycles. The van der Waals surface area contributed by atoms with Gasteiger partial charge in [0.15, 0.2) is 5.11 Å². The molecule has 0 unspecified atom stereocenters. The van der Waals surface area contributed by atoms with Gasteiger partial charge < -0.3 is 15.4 Å². The summed E-state index contributed by atoms with van der Waals surface area (Å²) >= 11 is 5.46. The van der Waals surface area contributed by atoms with Crippen LogP contribution < -0.4 is 15.4 Å². The molecule has 122 valence electrons. The van der Waals surface area contributed by atoms with Crippen molar-refractivity contribution < 1.29 is 4.74 Å². The summed E-state index contributed by atoms with van der Waals surface area (Å²) in [6.45, 7) is 6.41. The minimum Gasteiger partial charge on any atom is -0.497 e. The smallest absolute Gasteiger partial charge is 0.171 e. The van der Waals surface area contributed by atoms with Gasteiger partial charge in [0, 0.05) is 11.8 Å². The maximum atomic E-state index is 5.46. The number of methoxy groups -OCH3 is 1. The summed E-state index contributed by atoms with van der Waals surface area (Å²) in [5, 5.41) is 7.25. The van der Waals surface area contributed by atoms with Crippen molar-refractivity contribution in [3.8, 4) is 5.75 Å². The molecule has 2 rings (SSSR count). The highest BCUT2D eigenvalue weighted by Crippen LogP contribution is 2.22. The maximum absolute atomic E-state index is 5.46. The van der Waals surface area contributed by atoms with Gasteiger partial charge in [-0.1, -0.05) is 36.8 Å². The first-order valence-electron chi connectivity index (χ1n) is 7.82. The highest BCUT2D eigenvalue weighted by Gasteiger charge is 2.13. The second-order valence-electron chi connectivity index (χ2n) is 5.65. The van der Waals surface area contributed by atoms with E-state index in [1.807, 2.05) is 24.3 Å². The number of aryl methyl sites for hydroxylation is 2. The van der Waals surface area contributed by atoms with Crippen molar-refractivity contribution in [1.29, 1.82) is 0 Å². The number of nitrogens with one attached hydrogen (secondary N) is 2. The summed E-state index contributed by atoms with van der Waals surface area (Å²) in [5.74, 6) is 0.805. The first kappa shape index (κ1) is 17.3. The van der Waals surface area contributed by atoms with E-state index in [4.69, 9.17) is 17.0 Å². The molecule has 23 heavy (non-hydrogen) atoms. The van der Waals surface area contributed by atoms with E-state index in [1.165, 1.54) is 16.7 Å². The molecule has 2 aromatic carbocycles. The van der Waals surface area contributed by atoms with Crippen LogP contribution in [0.1, 0.15) is 36.1 Å². The van der Waals surface area contributed by atoms with Crippen LogP contribution in [0.4, 0.5) is 5.69 Å². The summed E-state index contributed by atoms with van der Waals surface area (Å²) < 4.78 is 5.23. The van der Waals surface area contributed by atoms with Gasteiger partial charge in [0.25, 0.3) is 0 Å². The van der Waals surface area contributed by atoms with Gasteiger partial charge in [-0.05, 0) is 55.7 Å². The summed E-state index contributed by atoms with van der Waals surface area (Å²) in [5.41, 5.74) is 4.76. The molecule has 2 aromatic rings. The Hall–Kier alpha value is -2.07. The third-order valence-corrected chi connectivity index (χ3v) is 4.06. The molecule has 3 nitrogen and oxygen atoms in total. The molecule has 0 saturated heterocycles. The average Bonchev–Trinajstić information content (AvgIpc) is 2.53. The highest BCUT2D eigenvalue weighted by molar-refractivity contribution is 7.80. The number of thiocarbonyl (C=S) groups is 1. The van der Waals surface area contributed by atoms with Crippen LogP contribution in [0.25, 0.3) is 0 Å². The van der Waals surface area contributed by atoms with Crippen LogP contribution >= 0.6 is 12.2 Å². The zero-order chi connectivity index (χ0) is 16.8. The number of rotatable bonds is 5. The summed E-state index contributed by atoms with van der Waals surface area (Å²) in [6.07, 6.45) is 0.962. The standard InChI is InChI=1S/C19H24N2OS/c1-5-18(17-10-9-13(2)11-14(17)3)21-19(23)20-15-7-6-8-16(12-15)22-4/h6-12,18H,5H2,1-4H3,(H2,20,21,23)/t18-/m0/s1. The zero-order valence-electron chi connectivity index (χ0n) is 14.1. The Morgan fingerprint density at radius 1 is 1.17 bits per heavy atom. The molecule has 0 amide bonds. The van der Waals surface area contributed by atoms with Crippen molar-refractivity contribution in [1.82, 2.24) is 5.32 Å². The van der Waals surface area contributed by atoms with Crippen molar-refractivity contribution in [2.45, 2.75) is 33.2 Å². The minimum absolute atomic E-state index is 0.196. The van der Waals surface area contributed by atoms with Crippen LogP contribution in [-0.4, -0.2) is 12.2 Å². The van der Waals surface area contributed by atoms with Gasteiger partial charge in [0.2, 0.25) is 0 Å². The topological polar surface area (TPSA) is 33.3 Å². The molecule has 0 fully saturated rings. The molecule has 0 aliphatic carbocycles. The van der Waals surface area contributed by atoms with Gasteiger partial charge in [-0.2, -0.15) is 0 Å². The van der Waals surface area contributed by atoms with Gasteiger partial charge in [0.1, 0.15) is 5.75 Å². The second-order valence-corrected chi connectivity index (χ2v) is 6.06. The first-order chi connectivity index (χ1) is 11.0. The van der Waals surface area contributed by atoms with Gasteiger partial charge in [-0.25, -0.2) is 0 Å². The van der Waals surface area contributed by atoms with E-state index in [-0.39, 0.29) is 6.04 Å². The van der Waals surface area contributed by atoms with Crippen molar-refractivity contribution >= 4 is 23.0 Å². The highest BCUT2D eigenvalue weighted by atomic mass is 32.1. The third-order valence-electron chi connectivity index (χ3n) is 3.84. The zero-order valence-corrected chi connectivity index (χ0v) is 15.0. The van der Waals surface area contributed by atoms with Gasteiger partial charge in [-0.15, -0.1) is 0 Å². The molecule has 0 aliphatic heterocycles. The first-order valence-corrected chi connectivity index (χ1v) is 8.23. The lowest BCUT2D eigenvalue weighted by atomic mass is 9.98. The van der Waals surface area contributed by atoms with Crippen molar-refractivity contribution in [2.24, 2.45) is 0 Å². The van der Waals surface area contributed by atoms with E-state index in [0.717, 1.165) is 17.9 Å². The van der Waals surface area contributed by atoms with E-state index in [2.05, 4.69) is 49.6 Å². The van der Waals surface area contributed by atoms with Crippen molar-refractivity contribution in [3.63, 3.8) is 0 Å². The van der Waals surface area contributed by atoms with Crippen LogP contribution in [-0.2, 0) is 0 Å². The Morgan fingerprint density at radius 2 is 1.96 bits per heavy atom. The predicted molar refractivity (Wildman–Crippen MR) is 101 cm³/mol. The molecule has 4 heteroatoms. The van der Waals surface area contributed by atoms with Crippen LogP contribution in [0, 0.1) is 13.8 Å². The Labute approximate surface area is 144 Å². The molecule has 1 atom stereocenters. The number of ether oxygens (including phenoxy) is 1. The molecule has 0 aliphatic rings. The molecular weight excluding hydrogens is 304 g/mol. The normalized spacial score (nSPS) is 11.7. The lowest BCUT2D eigenvalue weighted by Gasteiger charge is -2.22. The van der Waals surface area contributed by atoms with Crippen LogP contribution in [0.3, 0.4) is 0 Å². The molecule has 0 saturated carbocycles. The minimum atomic E-state index is 0.196. The fraction of sp³-hybridized carbons (Fsp3) is 0.316. The number of hydrogen-bond acceptors (Lipinski definition) is 2. The van der Waals surface area contributed by atoms with E-state index < -0.39 is 0 Å². The lowest BCUT2D eigenvalue weighted by molar-refractivity contribution is 0.415. The van der Waals surface area contributed by atoms with Gasteiger partial charge in [0.05, 0.1) is 13.2 Å². The largest absolute Gasteiger partial charge is 0.497 e. The molecule has 2 N–H and O–H groups in total. The third kappa shape index (κ3) is 4.70. The summed E-state index contributed by atoms with van der Waals surface area (Å²) in [4.78, 5) is 0. The van der Waals surface area contributed by atoms with Crippen LogP contribution in [0.5, 0.6) is 5.75 Å². The average molecular weight is 328 g/mol. The molecular formula is C19H24N2OS. The van der Waals surface area contributed by atoms with Crippen molar-refractivity contribution in [3.05, 3.63) is 59.2 Å². The van der Waals surface area contributed by atoms with E-state index in [9.17, 15) is 0 Å². The Kier molecular flexibility index (Phi) is 5.99. The number of hydrogen-bond donors (Lipinski definition) is 2. The van der Waals surface area contributed by atoms with Gasteiger partial charge in [-0.3, -0.25) is 0 Å². The predicted octanol–water partition coefficient (Wildman–Crippen LogP) is 4.75. The Morgan fingerprint density at radius 3 is 2.61 bits per heavy atom. The number of benzene rings is 2. The van der Waals surface area contributed by atoms with Crippen LogP contribution in [0.15, 0.2) is 42.5 Å². The summed E-state index contributed by atoms with van der Waals surface area (Å²) in [6, 6.07) is 14.5. The Balaban J connectivity index is 2.07. The second kappa shape index (κ2) is 7.97. The fourth-order valence-electron chi connectivity index (χ4n) is 2.64. The molecule has 0 spiro atoms. The van der Waals surface area contributed by atoms with E-state index in [1.54, 1.807) is 7.11 Å². The molecule has 0 bridgehead atoms. The van der Waals surface area contributed by atoms with E-state index in [0.29, 0.717) is 5.11 Å². The summed E-state index contributed by atoms with van der Waals surface area (Å²) in [7, 11) is 1.66. The van der Waals surface area contributed by atoms with E-state index >= 15 is 0 Å². The molecule has 0 radical (unpaired) electrons. The number of anilines is 1. The maximum Gasteiger partial charge on any atom is 0.171 e. The molecule has 0 heterocycles. The van der Waals surface area contributed by atoms with Crippen LogP contribution in [0.2, 0.25) is 0 Å². The lowest BCUT2D eigenvalue weighted by Crippen LogP contribution is -2.32. The Bertz CT molecular complexity index is 685. The van der Waals surface area contributed by atoms with Crippen molar-refractivity contribution in [2.75, 3.05) is 12.4 Å². The SMILES string of the molecule is CC[C@H](NC(=S)Nc1cccc(OC)c1)c1ccc(C)cc1C. The fourth-order valence-corrected chi connectivity index (χ4v) is 2.90.